The van der Waals surface area contributed by atoms with Crippen LogP contribution in [0.5, 0.6) is 5.75 Å². The van der Waals surface area contributed by atoms with E-state index in [0.29, 0.717) is 17.8 Å². The first kappa shape index (κ1) is 13.4. The lowest BCUT2D eigenvalue weighted by Crippen LogP contribution is -2.43. The fraction of sp³-hybridized carbons (Fsp3) is 0.625. The highest BCUT2D eigenvalue weighted by molar-refractivity contribution is 5.34. The number of piperidine rings is 1. The fourth-order valence-electron chi connectivity index (χ4n) is 3.16. The van der Waals surface area contributed by atoms with Crippen LogP contribution >= 0.6 is 0 Å². The topological polar surface area (TPSA) is 23.5 Å². The maximum atomic E-state index is 10.1. The Balaban J connectivity index is 2.25. The van der Waals surface area contributed by atoms with Gasteiger partial charge in [-0.1, -0.05) is 32.0 Å². The van der Waals surface area contributed by atoms with E-state index in [4.69, 9.17) is 0 Å². The van der Waals surface area contributed by atoms with Gasteiger partial charge < -0.3 is 5.11 Å². The predicted octanol–water partition coefficient (Wildman–Crippen LogP) is 3.96. The van der Waals surface area contributed by atoms with E-state index in [2.05, 4.69) is 31.7 Å². The van der Waals surface area contributed by atoms with Crippen molar-refractivity contribution in [1.82, 2.24) is 4.90 Å². The van der Waals surface area contributed by atoms with Crippen LogP contribution in [0.4, 0.5) is 0 Å². The van der Waals surface area contributed by atoms with Crippen LogP contribution in [0, 0.1) is 5.92 Å². The van der Waals surface area contributed by atoms with Gasteiger partial charge in [-0.2, -0.15) is 0 Å². The third kappa shape index (κ3) is 2.69. The fourth-order valence-corrected chi connectivity index (χ4v) is 3.16. The minimum atomic E-state index is 0.351. The van der Waals surface area contributed by atoms with Crippen LogP contribution in [-0.2, 0) is 0 Å². The SMILES string of the molecule is CCC(c1ccccc1O)N1CC(C)CCC1C. The molecule has 100 valence electrons. The molecule has 0 amide bonds. The number of aromatic hydroxyl groups is 1. The van der Waals surface area contributed by atoms with Gasteiger partial charge in [0.2, 0.25) is 0 Å². The molecule has 1 heterocycles. The van der Waals surface area contributed by atoms with E-state index in [0.717, 1.165) is 24.4 Å². The van der Waals surface area contributed by atoms with Crippen LogP contribution in [0.1, 0.15) is 51.6 Å². The molecule has 18 heavy (non-hydrogen) atoms. The van der Waals surface area contributed by atoms with Crippen LogP contribution in [0.25, 0.3) is 0 Å². The maximum Gasteiger partial charge on any atom is 0.120 e. The summed E-state index contributed by atoms with van der Waals surface area (Å²) in [5.41, 5.74) is 1.08. The van der Waals surface area contributed by atoms with E-state index < -0.39 is 0 Å². The molecule has 2 nitrogen and oxygen atoms in total. The van der Waals surface area contributed by atoms with E-state index in [1.807, 2.05) is 12.1 Å². The summed E-state index contributed by atoms with van der Waals surface area (Å²) in [6, 6.07) is 8.75. The Kier molecular flexibility index (Phi) is 4.28. The first-order chi connectivity index (χ1) is 8.63. The number of likely N-dealkylation sites (tertiary alicyclic amines) is 1. The molecule has 3 unspecified atom stereocenters. The molecule has 0 spiro atoms. The standard InChI is InChI=1S/C16H25NO/c1-4-15(14-7-5-6-8-16(14)18)17-11-12(2)9-10-13(17)3/h5-8,12-13,15,18H,4,9-11H2,1-3H3. The maximum absolute atomic E-state index is 10.1. The summed E-state index contributed by atoms with van der Waals surface area (Å²) in [6.07, 6.45) is 3.65. The summed E-state index contributed by atoms with van der Waals surface area (Å²) in [6.45, 7) is 8.00. The number of hydrogen-bond acceptors (Lipinski definition) is 2. The highest BCUT2D eigenvalue weighted by atomic mass is 16.3. The van der Waals surface area contributed by atoms with E-state index in [-0.39, 0.29) is 0 Å². The summed E-state index contributed by atoms with van der Waals surface area (Å²) < 4.78 is 0. The molecular weight excluding hydrogens is 222 g/mol. The zero-order chi connectivity index (χ0) is 13.1. The van der Waals surface area contributed by atoms with Gasteiger partial charge in [-0.3, -0.25) is 4.90 Å². The third-order valence-corrected chi connectivity index (χ3v) is 4.25. The Morgan fingerprint density at radius 3 is 2.67 bits per heavy atom. The van der Waals surface area contributed by atoms with E-state index in [1.54, 1.807) is 6.07 Å². The quantitative estimate of drug-likeness (QED) is 0.873. The predicted molar refractivity (Wildman–Crippen MR) is 75.7 cm³/mol. The average Bonchev–Trinajstić information content (AvgIpc) is 2.36. The van der Waals surface area contributed by atoms with Gasteiger partial charge in [0.15, 0.2) is 0 Å². The molecule has 0 radical (unpaired) electrons. The average molecular weight is 247 g/mol. The summed E-state index contributed by atoms with van der Waals surface area (Å²) in [5.74, 6) is 1.20. The Morgan fingerprint density at radius 1 is 1.28 bits per heavy atom. The second kappa shape index (κ2) is 5.75. The third-order valence-electron chi connectivity index (χ3n) is 4.25. The van der Waals surface area contributed by atoms with Crippen LogP contribution < -0.4 is 0 Å². The molecule has 2 rings (SSSR count). The summed E-state index contributed by atoms with van der Waals surface area (Å²) in [4.78, 5) is 2.57. The van der Waals surface area contributed by atoms with Crippen molar-refractivity contribution >= 4 is 0 Å². The monoisotopic (exact) mass is 247 g/mol. The second-order valence-electron chi connectivity index (χ2n) is 5.71. The first-order valence-corrected chi connectivity index (χ1v) is 7.17. The van der Waals surface area contributed by atoms with Crippen molar-refractivity contribution in [1.29, 1.82) is 0 Å². The molecule has 0 saturated carbocycles. The zero-order valence-corrected chi connectivity index (χ0v) is 11.8. The van der Waals surface area contributed by atoms with Crippen molar-refractivity contribution in [2.45, 2.75) is 52.1 Å². The number of para-hydroxylation sites is 1. The minimum absolute atomic E-state index is 0.351. The van der Waals surface area contributed by atoms with Gasteiger partial charge in [0.25, 0.3) is 0 Å². The van der Waals surface area contributed by atoms with Gasteiger partial charge in [-0.05, 0) is 38.2 Å². The number of phenolic OH excluding ortho intramolecular Hbond substituents is 1. The largest absolute Gasteiger partial charge is 0.508 e. The first-order valence-electron chi connectivity index (χ1n) is 7.17. The molecule has 3 atom stereocenters. The minimum Gasteiger partial charge on any atom is -0.508 e. The number of nitrogens with zero attached hydrogens (tertiary/aromatic N) is 1. The van der Waals surface area contributed by atoms with Crippen molar-refractivity contribution in [2.75, 3.05) is 6.54 Å². The Hall–Kier alpha value is -1.02. The number of hydrogen-bond donors (Lipinski definition) is 1. The lowest BCUT2D eigenvalue weighted by molar-refractivity contribution is 0.0730. The van der Waals surface area contributed by atoms with Gasteiger partial charge in [0, 0.05) is 24.2 Å². The summed E-state index contributed by atoms with van der Waals surface area (Å²) in [7, 11) is 0. The van der Waals surface area contributed by atoms with Crippen LogP contribution in [-0.4, -0.2) is 22.6 Å². The van der Waals surface area contributed by atoms with Gasteiger partial charge in [0.1, 0.15) is 5.75 Å². The molecule has 1 N–H and O–H groups in total. The van der Waals surface area contributed by atoms with Crippen LogP contribution in [0.3, 0.4) is 0 Å². The molecule has 1 aromatic carbocycles. The molecule has 0 bridgehead atoms. The lowest BCUT2D eigenvalue weighted by atomic mass is 9.90. The molecule has 1 saturated heterocycles. The highest BCUT2D eigenvalue weighted by Crippen LogP contribution is 2.36. The van der Waals surface area contributed by atoms with Gasteiger partial charge in [0.05, 0.1) is 0 Å². The van der Waals surface area contributed by atoms with Crippen LogP contribution in [0.15, 0.2) is 24.3 Å². The highest BCUT2D eigenvalue weighted by Gasteiger charge is 2.29. The van der Waals surface area contributed by atoms with Crippen molar-refractivity contribution in [3.8, 4) is 5.75 Å². The number of benzene rings is 1. The Labute approximate surface area is 111 Å². The molecular formula is C16H25NO. The molecule has 0 aliphatic carbocycles. The zero-order valence-electron chi connectivity index (χ0n) is 11.8. The smallest absolute Gasteiger partial charge is 0.120 e. The molecule has 1 aliphatic rings. The molecule has 0 aromatic heterocycles. The van der Waals surface area contributed by atoms with Crippen LogP contribution in [0.2, 0.25) is 0 Å². The van der Waals surface area contributed by atoms with Gasteiger partial charge in [-0.25, -0.2) is 0 Å². The molecule has 1 aromatic rings. The van der Waals surface area contributed by atoms with Crippen molar-refractivity contribution in [3.05, 3.63) is 29.8 Å². The van der Waals surface area contributed by atoms with Gasteiger partial charge in [-0.15, -0.1) is 0 Å². The Bertz CT molecular complexity index is 390. The summed E-state index contributed by atoms with van der Waals surface area (Å²) in [5, 5.41) is 10.1. The molecule has 1 aliphatic heterocycles. The van der Waals surface area contributed by atoms with E-state index in [9.17, 15) is 5.11 Å². The number of rotatable bonds is 3. The van der Waals surface area contributed by atoms with E-state index in [1.165, 1.54) is 12.8 Å². The van der Waals surface area contributed by atoms with Crippen molar-refractivity contribution in [2.24, 2.45) is 5.92 Å². The lowest BCUT2D eigenvalue weighted by Gasteiger charge is -2.42. The second-order valence-corrected chi connectivity index (χ2v) is 5.71. The Morgan fingerprint density at radius 2 is 2.00 bits per heavy atom. The van der Waals surface area contributed by atoms with Gasteiger partial charge >= 0.3 is 0 Å². The van der Waals surface area contributed by atoms with E-state index >= 15 is 0 Å². The molecule has 2 heteroatoms. The normalized spacial score (nSPS) is 27.1. The van der Waals surface area contributed by atoms with Crippen molar-refractivity contribution < 1.29 is 5.11 Å². The summed E-state index contributed by atoms with van der Waals surface area (Å²) >= 11 is 0. The van der Waals surface area contributed by atoms with Crippen molar-refractivity contribution in [3.63, 3.8) is 0 Å². The molecule has 1 fully saturated rings. The number of phenols is 1.